The Labute approximate surface area is 120 Å². The van der Waals surface area contributed by atoms with Gasteiger partial charge < -0.3 is 15.6 Å². The molecule has 0 unspecified atom stereocenters. The van der Waals surface area contributed by atoms with Gasteiger partial charge in [0.2, 0.25) is 5.91 Å². The minimum atomic E-state index is -0.294. The highest BCUT2D eigenvalue weighted by molar-refractivity contribution is 9.10. The van der Waals surface area contributed by atoms with Crippen LogP contribution >= 0.6 is 15.9 Å². The van der Waals surface area contributed by atoms with E-state index in [1.807, 2.05) is 16.8 Å². The maximum Gasteiger partial charge on any atom is 0.267 e. The highest BCUT2D eigenvalue weighted by Gasteiger charge is 2.27. The van der Waals surface area contributed by atoms with Crippen LogP contribution in [0.1, 0.15) is 48.6 Å². The van der Waals surface area contributed by atoms with Gasteiger partial charge in [0.15, 0.2) is 0 Å². The maximum atomic E-state index is 12.1. The minimum Gasteiger partial charge on any atom is -0.370 e. The van der Waals surface area contributed by atoms with E-state index in [4.69, 9.17) is 5.73 Å². The van der Waals surface area contributed by atoms with Crippen LogP contribution in [-0.2, 0) is 4.79 Å². The first-order valence-electron chi connectivity index (χ1n) is 6.52. The molecule has 1 saturated carbocycles. The maximum absolute atomic E-state index is 12.1. The number of carbonyl (C=O) groups is 2. The van der Waals surface area contributed by atoms with Crippen LogP contribution in [0.25, 0.3) is 0 Å². The van der Waals surface area contributed by atoms with Crippen molar-refractivity contribution in [3.8, 4) is 0 Å². The standard InChI is InChI=1S/C13H18BrN3O2/c14-9-7-11(17(8-9)10-4-5-10)13(19)16-6-2-1-3-12(15)18/h7-8,10H,1-6H2,(H2,15,18)(H,16,19). The molecule has 19 heavy (non-hydrogen) atoms. The van der Waals surface area contributed by atoms with Crippen molar-refractivity contribution in [1.82, 2.24) is 9.88 Å². The van der Waals surface area contributed by atoms with E-state index in [0.717, 1.165) is 23.7 Å². The molecule has 1 aliphatic rings. The molecule has 3 N–H and O–H groups in total. The number of nitrogens with two attached hydrogens (primary N) is 1. The van der Waals surface area contributed by atoms with Crippen molar-refractivity contribution in [2.24, 2.45) is 5.73 Å². The van der Waals surface area contributed by atoms with Gasteiger partial charge in [-0.3, -0.25) is 9.59 Å². The Hall–Kier alpha value is -1.30. The lowest BCUT2D eigenvalue weighted by Crippen LogP contribution is -2.26. The molecule has 104 valence electrons. The molecule has 6 heteroatoms. The van der Waals surface area contributed by atoms with Crippen LogP contribution in [-0.4, -0.2) is 22.9 Å². The third kappa shape index (κ3) is 4.09. The van der Waals surface area contributed by atoms with Crippen LogP contribution in [0.2, 0.25) is 0 Å². The SMILES string of the molecule is NC(=O)CCCCNC(=O)c1cc(Br)cn1C1CC1. The van der Waals surface area contributed by atoms with Gasteiger partial charge in [-0.2, -0.15) is 0 Å². The first-order valence-corrected chi connectivity index (χ1v) is 7.31. The summed E-state index contributed by atoms with van der Waals surface area (Å²) in [5, 5.41) is 2.88. The second-order valence-electron chi connectivity index (χ2n) is 4.86. The number of rotatable bonds is 7. The molecule has 0 spiro atoms. The number of hydrogen-bond acceptors (Lipinski definition) is 2. The van der Waals surface area contributed by atoms with E-state index in [9.17, 15) is 9.59 Å². The molecule has 1 fully saturated rings. The molecule has 0 aliphatic heterocycles. The predicted octanol–water partition coefficient (Wildman–Crippen LogP) is 1.97. The van der Waals surface area contributed by atoms with Gasteiger partial charge >= 0.3 is 0 Å². The summed E-state index contributed by atoms with van der Waals surface area (Å²) in [4.78, 5) is 22.6. The second kappa shape index (κ2) is 6.23. The van der Waals surface area contributed by atoms with Crippen molar-refractivity contribution >= 4 is 27.7 Å². The van der Waals surface area contributed by atoms with E-state index in [-0.39, 0.29) is 11.8 Å². The summed E-state index contributed by atoms with van der Waals surface area (Å²) in [6.07, 6.45) is 6.09. The Morgan fingerprint density at radius 2 is 2.16 bits per heavy atom. The van der Waals surface area contributed by atoms with Crippen LogP contribution in [0.15, 0.2) is 16.7 Å². The molecule has 1 aromatic heterocycles. The summed E-state index contributed by atoms with van der Waals surface area (Å²) in [6.45, 7) is 0.569. The number of amides is 2. The van der Waals surface area contributed by atoms with Crippen LogP contribution in [0.4, 0.5) is 0 Å². The van der Waals surface area contributed by atoms with E-state index in [1.54, 1.807) is 0 Å². The highest BCUT2D eigenvalue weighted by atomic mass is 79.9. The van der Waals surface area contributed by atoms with Gasteiger partial charge in [0.25, 0.3) is 5.91 Å². The molecule has 0 bridgehead atoms. The number of primary amides is 1. The molecule has 2 rings (SSSR count). The summed E-state index contributed by atoms with van der Waals surface area (Å²) < 4.78 is 2.96. The number of nitrogens with zero attached hydrogens (tertiary/aromatic N) is 1. The van der Waals surface area contributed by atoms with Gasteiger partial charge in [-0.25, -0.2) is 0 Å². The van der Waals surface area contributed by atoms with E-state index >= 15 is 0 Å². The minimum absolute atomic E-state index is 0.0586. The van der Waals surface area contributed by atoms with Crippen LogP contribution in [0.3, 0.4) is 0 Å². The summed E-state index contributed by atoms with van der Waals surface area (Å²) in [5.41, 5.74) is 5.75. The van der Waals surface area contributed by atoms with E-state index in [2.05, 4.69) is 21.2 Å². The number of nitrogens with one attached hydrogen (secondary N) is 1. The number of unbranched alkanes of at least 4 members (excludes halogenated alkanes) is 1. The van der Waals surface area contributed by atoms with Crippen molar-refractivity contribution in [3.05, 3.63) is 22.4 Å². The van der Waals surface area contributed by atoms with Gasteiger partial charge in [0, 0.05) is 29.7 Å². The van der Waals surface area contributed by atoms with Gasteiger partial charge in [0.05, 0.1) is 0 Å². The molecule has 5 nitrogen and oxygen atoms in total. The topological polar surface area (TPSA) is 77.1 Å². The fraction of sp³-hybridized carbons (Fsp3) is 0.538. The van der Waals surface area contributed by atoms with Crippen molar-refractivity contribution in [3.63, 3.8) is 0 Å². The molecule has 1 heterocycles. The number of aromatic nitrogens is 1. The molecule has 0 radical (unpaired) electrons. The molecule has 0 aromatic carbocycles. The summed E-state index contributed by atoms with van der Waals surface area (Å²) in [5.74, 6) is -0.352. The summed E-state index contributed by atoms with van der Waals surface area (Å²) in [6, 6.07) is 2.32. The van der Waals surface area contributed by atoms with Gasteiger partial charge in [-0.15, -0.1) is 0 Å². The Balaban J connectivity index is 1.81. The number of carbonyl (C=O) groups excluding carboxylic acids is 2. The fourth-order valence-corrected chi connectivity index (χ4v) is 2.44. The molecule has 1 aromatic rings. The quantitative estimate of drug-likeness (QED) is 0.751. The lowest BCUT2D eigenvalue weighted by atomic mass is 10.2. The Morgan fingerprint density at radius 1 is 1.42 bits per heavy atom. The second-order valence-corrected chi connectivity index (χ2v) is 5.78. The van der Waals surface area contributed by atoms with Crippen LogP contribution in [0.5, 0.6) is 0 Å². The molecule has 0 saturated heterocycles. The first kappa shape index (κ1) is 14.1. The lowest BCUT2D eigenvalue weighted by molar-refractivity contribution is -0.118. The average Bonchev–Trinajstić information content (AvgIpc) is 3.11. The first-order chi connectivity index (χ1) is 9.08. The highest BCUT2D eigenvalue weighted by Crippen LogP contribution is 2.37. The molecule has 1 aliphatic carbocycles. The molecular weight excluding hydrogens is 310 g/mol. The van der Waals surface area contributed by atoms with Crippen molar-refractivity contribution in [2.45, 2.75) is 38.1 Å². The van der Waals surface area contributed by atoms with Crippen molar-refractivity contribution < 1.29 is 9.59 Å². The summed E-state index contributed by atoms with van der Waals surface area (Å²) >= 11 is 3.40. The average molecular weight is 328 g/mol. The normalized spacial score (nSPS) is 14.4. The molecule has 0 atom stereocenters. The zero-order valence-electron chi connectivity index (χ0n) is 10.7. The van der Waals surface area contributed by atoms with Crippen molar-refractivity contribution in [1.29, 1.82) is 0 Å². The molecular formula is C13H18BrN3O2. The largest absolute Gasteiger partial charge is 0.370 e. The smallest absolute Gasteiger partial charge is 0.267 e. The zero-order chi connectivity index (χ0) is 13.8. The number of hydrogen-bond donors (Lipinski definition) is 2. The monoisotopic (exact) mass is 327 g/mol. The van der Waals surface area contributed by atoms with E-state index in [0.29, 0.717) is 31.1 Å². The van der Waals surface area contributed by atoms with Crippen molar-refractivity contribution in [2.75, 3.05) is 6.54 Å². The third-order valence-electron chi connectivity index (χ3n) is 3.12. The third-order valence-corrected chi connectivity index (χ3v) is 3.56. The van der Waals surface area contributed by atoms with Gasteiger partial charge in [-0.05, 0) is 47.7 Å². The lowest BCUT2D eigenvalue weighted by Gasteiger charge is -2.08. The number of halogens is 1. The van der Waals surface area contributed by atoms with E-state index in [1.165, 1.54) is 0 Å². The van der Waals surface area contributed by atoms with Crippen LogP contribution in [0, 0.1) is 0 Å². The molecule has 2 amide bonds. The Morgan fingerprint density at radius 3 is 2.79 bits per heavy atom. The van der Waals surface area contributed by atoms with Gasteiger partial charge in [-0.1, -0.05) is 0 Å². The summed E-state index contributed by atoms with van der Waals surface area (Å²) in [7, 11) is 0. The van der Waals surface area contributed by atoms with Crippen LogP contribution < -0.4 is 11.1 Å². The van der Waals surface area contributed by atoms with E-state index < -0.39 is 0 Å². The van der Waals surface area contributed by atoms with Gasteiger partial charge in [0.1, 0.15) is 5.69 Å². The predicted molar refractivity (Wildman–Crippen MR) is 75.8 cm³/mol. The fourth-order valence-electron chi connectivity index (χ4n) is 2.00. The zero-order valence-corrected chi connectivity index (χ0v) is 12.3. The Bertz CT molecular complexity index is 480. The Kier molecular flexibility index (Phi) is 4.63.